The number of rotatable bonds is 5. The summed E-state index contributed by atoms with van der Waals surface area (Å²) >= 11 is 0. The summed E-state index contributed by atoms with van der Waals surface area (Å²) in [5.41, 5.74) is 0.393. The van der Waals surface area contributed by atoms with Crippen molar-refractivity contribution in [1.82, 2.24) is 0 Å². The molecule has 5 nitrogen and oxygen atoms in total. The molecule has 1 aromatic carbocycles. The number of hydrogen-bond donors (Lipinski definition) is 1. The van der Waals surface area contributed by atoms with Gasteiger partial charge in [-0.3, -0.25) is 0 Å². The van der Waals surface area contributed by atoms with Crippen LogP contribution in [0.2, 0.25) is 0 Å². The molecule has 1 N–H and O–H groups in total. The summed E-state index contributed by atoms with van der Waals surface area (Å²) in [5, 5.41) is 9.37. The van der Waals surface area contributed by atoms with Gasteiger partial charge in [0.1, 0.15) is 11.9 Å². The summed E-state index contributed by atoms with van der Waals surface area (Å²) in [7, 11) is 2.70. The van der Waals surface area contributed by atoms with Gasteiger partial charge in [0.2, 0.25) is 0 Å². The molecule has 0 bridgehead atoms. The van der Waals surface area contributed by atoms with Crippen molar-refractivity contribution in [2.75, 3.05) is 14.2 Å². The molecule has 0 aliphatic rings. The van der Waals surface area contributed by atoms with Crippen LogP contribution in [-0.4, -0.2) is 37.7 Å². The first kappa shape index (κ1) is 13.5. The van der Waals surface area contributed by atoms with E-state index < -0.39 is 18.4 Å². The average Bonchev–Trinajstić information content (AvgIpc) is 2.37. The van der Waals surface area contributed by atoms with E-state index >= 15 is 0 Å². The van der Waals surface area contributed by atoms with E-state index in [4.69, 9.17) is 9.47 Å². The van der Waals surface area contributed by atoms with Crippen molar-refractivity contribution in [2.45, 2.75) is 19.3 Å². The number of benzene rings is 1. The van der Waals surface area contributed by atoms with Crippen molar-refractivity contribution >= 4 is 5.97 Å². The van der Waals surface area contributed by atoms with E-state index in [0.29, 0.717) is 11.3 Å². The molecule has 0 aliphatic heterocycles. The van der Waals surface area contributed by atoms with E-state index in [1.54, 1.807) is 31.2 Å². The molecule has 1 unspecified atom stereocenters. The predicted octanol–water partition coefficient (Wildman–Crippen LogP) is 1.21. The molecule has 0 aromatic heterocycles. The number of aliphatic hydroxyl groups is 1. The molecule has 0 saturated carbocycles. The standard InChI is InChI=1S/C12H16O5/c1-8(11(13)15-2)17-10-6-4-5-9(7-10)12(14)16-3/h4-8,11,13H,1-3H3/t8-,11?/m0/s1. The maximum atomic E-state index is 11.3. The molecular weight excluding hydrogens is 224 g/mol. The van der Waals surface area contributed by atoms with E-state index in [0.717, 1.165) is 0 Å². The van der Waals surface area contributed by atoms with Crippen molar-refractivity contribution in [3.05, 3.63) is 29.8 Å². The van der Waals surface area contributed by atoms with Crippen molar-refractivity contribution < 1.29 is 24.1 Å². The fraction of sp³-hybridized carbons (Fsp3) is 0.417. The second-order valence-corrected chi connectivity index (χ2v) is 3.47. The SMILES string of the molecule is COC(=O)c1cccc(O[C@@H](C)C(O)OC)c1. The molecule has 0 heterocycles. The van der Waals surface area contributed by atoms with Gasteiger partial charge in [0.25, 0.3) is 0 Å². The van der Waals surface area contributed by atoms with Crippen LogP contribution in [0.1, 0.15) is 17.3 Å². The lowest BCUT2D eigenvalue weighted by Crippen LogP contribution is -2.30. The molecule has 0 radical (unpaired) electrons. The number of carbonyl (C=O) groups is 1. The van der Waals surface area contributed by atoms with Gasteiger partial charge in [0.05, 0.1) is 12.7 Å². The quantitative estimate of drug-likeness (QED) is 0.619. The first-order valence-electron chi connectivity index (χ1n) is 5.14. The Kier molecular flexibility index (Phi) is 4.93. The molecule has 17 heavy (non-hydrogen) atoms. The van der Waals surface area contributed by atoms with Crippen LogP contribution in [-0.2, 0) is 9.47 Å². The Balaban J connectivity index is 2.75. The highest BCUT2D eigenvalue weighted by Gasteiger charge is 2.15. The van der Waals surface area contributed by atoms with Gasteiger partial charge >= 0.3 is 5.97 Å². The van der Waals surface area contributed by atoms with Gasteiger partial charge in [-0.05, 0) is 25.1 Å². The second-order valence-electron chi connectivity index (χ2n) is 3.47. The van der Waals surface area contributed by atoms with Gasteiger partial charge in [-0.1, -0.05) is 6.07 Å². The van der Waals surface area contributed by atoms with Gasteiger partial charge in [-0.2, -0.15) is 0 Å². The van der Waals surface area contributed by atoms with Crippen LogP contribution in [0.5, 0.6) is 5.75 Å². The minimum atomic E-state index is -1.02. The maximum Gasteiger partial charge on any atom is 0.337 e. The lowest BCUT2D eigenvalue weighted by atomic mass is 10.2. The van der Waals surface area contributed by atoms with E-state index in [1.165, 1.54) is 14.2 Å². The largest absolute Gasteiger partial charge is 0.485 e. The van der Waals surface area contributed by atoms with Gasteiger partial charge in [-0.15, -0.1) is 0 Å². The Labute approximate surface area is 99.9 Å². The Hall–Kier alpha value is -1.59. The summed E-state index contributed by atoms with van der Waals surface area (Å²) in [5.74, 6) is 0.0342. The van der Waals surface area contributed by atoms with Gasteiger partial charge in [0.15, 0.2) is 6.29 Å². The lowest BCUT2D eigenvalue weighted by Gasteiger charge is -2.19. The number of methoxy groups -OCH3 is 2. The first-order chi connectivity index (χ1) is 8.08. The number of ether oxygens (including phenoxy) is 3. The zero-order valence-electron chi connectivity index (χ0n) is 10.0. The second kappa shape index (κ2) is 6.22. The zero-order valence-corrected chi connectivity index (χ0v) is 10.0. The van der Waals surface area contributed by atoms with Crippen LogP contribution in [0.4, 0.5) is 0 Å². The van der Waals surface area contributed by atoms with Crippen molar-refractivity contribution in [3.8, 4) is 5.75 Å². The third-order valence-corrected chi connectivity index (χ3v) is 2.22. The van der Waals surface area contributed by atoms with E-state index in [9.17, 15) is 9.90 Å². The molecule has 0 aliphatic carbocycles. The highest BCUT2D eigenvalue weighted by molar-refractivity contribution is 5.89. The topological polar surface area (TPSA) is 65.0 Å². The Morgan fingerprint density at radius 1 is 1.35 bits per heavy atom. The van der Waals surface area contributed by atoms with Gasteiger partial charge in [-0.25, -0.2) is 4.79 Å². The third-order valence-electron chi connectivity index (χ3n) is 2.22. The predicted molar refractivity (Wildman–Crippen MR) is 60.9 cm³/mol. The molecule has 0 spiro atoms. The molecule has 0 fully saturated rings. The molecule has 1 rings (SSSR count). The molecule has 1 aromatic rings. The number of carbonyl (C=O) groups excluding carboxylic acids is 1. The van der Waals surface area contributed by atoms with E-state index in [-0.39, 0.29) is 0 Å². The van der Waals surface area contributed by atoms with Crippen LogP contribution in [0.15, 0.2) is 24.3 Å². The van der Waals surface area contributed by atoms with Crippen LogP contribution >= 0.6 is 0 Å². The average molecular weight is 240 g/mol. The molecule has 0 saturated heterocycles. The maximum absolute atomic E-state index is 11.3. The molecule has 2 atom stereocenters. The molecule has 5 heteroatoms. The van der Waals surface area contributed by atoms with Gasteiger partial charge < -0.3 is 19.3 Å². The number of aliphatic hydroxyl groups excluding tert-OH is 1. The summed E-state index contributed by atoms with van der Waals surface area (Å²) in [4.78, 5) is 11.3. The van der Waals surface area contributed by atoms with Crippen molar-refractivity contribution in [3.63, 3.8) is 0 Å². The van der Waals surface area contributed by atoms with Crippen LogP contribution in [0.3, 0.4) is 0 Å². The third kappa shape index (κ3) is 3.72. The fourth-order valence-corrected chi connectivity index (χ4v) is 1.28. The molecular formula is C12H16O5. The smallest absolute Gasteiger partial charge is 0.337 e. The van der Waals surface area contributed by atoms with Crippen LogP contribution < -0.4 is 4.74 Å². The first-order valence-corrected chi connectivity index (χ1v) is 5.14. The summed E-state index contributed by atoms with van der Waals surface area (Å²) in [6, 6.07) is 6.53. The summed E-state index contributed by atoms with van der Waals surface area (Å²) < 4.78 is 14.7. The minimum absolute atomic E-state index is 0.393. The molecule has 94 valence electrons. The zero-order chi connectivity index (χ0) is 12.8. The van der Waals surface area contributed by atoms with Gasteiger partial charge in [0, 0.05) is 7.11 Å². The highest BCUT2D eigenvalue weighted by atomic mass is 16.6. The van der Waals surface area contributed by atoms with Crippen molar-refractivity contribution in [1.29, 1.82) is 0 Å². The molecule has 0 amide bonds. The monoisotopic (exact) mass is 240 g/mol. The fourth-order valence-electron chi connectivity index (χ4n) is 1.28. The van der Waals surface area contributed by atoms with Crippen molar-refractivity contribution in [2.24, 2.45) is 0 Å². The van der Waals surface area contributed by atoms with E-state index in [2.05, 4.69) is 4.74 Å². The Bertz CT molecular complexity index is 377. The summed E-state index contributed by atoms with van der Waals surface area (Å²) in [6.45, 7) is 1.67. The van der Waals surface area contributed by atoms with E-state index in [1.807, 2.05) is 0 Å². The minimum Gasteiger partial charge on any atom is -0.485 e. The number of hydrogen-bond acceptors (Lipinski definition) is 5. The summed E-state index contributed by atoms with van der Waals surface area (Å²) in [6.07, 6.45) is -1.55. The highest BCUT2D eigenvalue weighted by Crippen LogP contribution is 2.16. The Morgan fingerprint density at radius 3 is 2.65 bits per heavy atom. The van der Waals surface area contributed by atoms with Crippen LogP contribution in [0, 0.1) is 0 Å². The Morgan fingerprint density at radius 2 is 2.06 bits per heavy atom. The normalized spacial score (nSPS) is 13.9. The number of esters is 1. The van der Waals surface area contributed by atoms with Crippen LogP contribution in [0.25, 0.3) is 0 Å². The lowest BCUT2D eigenvalue weighted by molar-refractivity contribution is -0.129.